The monoisotopic (exact) mass is 267 g/mol. The van der Waals surface area contributed by atoms with Gasteiger partial charge in [0.25, 0.3) is 0 Å². The van der Waals surface area contributed by atoms with E-state index in [-0.39, 0.29) is 24.1 Å². The fourth-order valence-corrected chi connectivity index (χ4v) is 2.16. The summed E-state index contributed by atoms with van der Waals surface area (Å²) in [6.45, 7) is 2.35. The van der Waals surface area contributed by atoms with Crippen LogP contribution in [-0.2, 0) is 0 Å². The van der Waals surface area contributed by atoms with Crippen LogP contribution in [0, 0.1) is 0 Å². The molecule has 1 heterocycles. The van der Waals surface area contributed by atoms with Crippen LogP contribution < -0.4 is 20.7 Å². The Hall–Kier alpha value is -1.63. The molecule has 7 nitrogen and oxygen atoms in total. The van der Waals surface area contributed by atoms with Crippen molar-refractivity contribution >= 4 is 5.95 Å². The molecule has 1 aromatic rings. The van der Waals surface area contributed by atoms with Crippen molar-refractivity contribution in [3.05, 3.63) is 0 Å². The predicted octanol–water partition coefficient (Wildman–Crippen LogP) is 1.66. The standard InChI is InChI=1S/C12H21N5O2/c1-2-18-11-14-10(17-13)15-12(16-11)19-9-7-5-3-4-6-8-9/h9H,2-8,13H2,1H3,(H,14,15,16,17). The van der Waals surface area contributed by atoms with Crippen LogP contribution in [0.5, 0.6) is 12.0 Å². The van der Waals surface area contributed by atoms with Gasteiger partial charge < -0.3 is 9.47 Å². The van der Waals surface area contributed by atoms with Crippen LogP contribution in [0.1, 0.15) is 45.4 Å². The van der Waals surface area contributed by atoms with Crippen molar-refractivity contribution in [3.63, 3.8) is 0 Å². The average Bonchev–Trinajstić information content (AvgIpc) is 2.67. The first-order valence-electron chi connectivity index (χ1n) is 6.84. The highest BCUT2D eigenvalue weighted by Crippen LogP contribution is 2.22. The zero-order valence-corrected chi connectivity index (χ0v) is 11.3. The molecule has 3 N–H and O–H groups in total. The van der Waals surface area contributed by atoms with Crippen LogP contribution in [0.25, 0.3) is 0 Å². The highest BCUT2D eigenvalue weighted by molar-refractivity contribution is 5.25. The van der Waals surface area contributed by atoms with Gasteiger partial charge >= 0.3 is 12.0 Å². The summed E-state index contributed by atoms with van der Waals surface area (Å²) in [6.07, 6.45) is 7.19. The SMILES string of the molecule is CCOc1nc(NN)nc(OC2CCCCCC2)n1. The Morgan fingerprint density at radius 3 is 2.42 bits per heavy atom. The van der Waals surface area contributed by atoms with Gasteiger partial charge in [-0.2, -0.15) is 9.97 Å². The molecule has 0 saturated heterocycles. The lowest BCUT2D eigenvalue weighted by molar-refractivity contribution is 0.164. The van der Waals surface area contributed by atoms with E-state index in [1.54, 1.807) is 0 Å². The molecule has 19 heavy (non-hydrogen) atoms. The summed E-state index contributed by atoms with van der Waals surface area (Å²) in [5, 5.41) is 0. The number of hydrogen-bond donors (Lipinski definition) is 2. The molecular formula is C12H21N5O2. The molecule has 7 heteroatoms. The third-order valence-electron chi connectivity index (χ3n) is 3.07. The zero-order chi connectivity index (χ0) is 13.5. The van der Waals surface area contributed by atoms with Gasteiger partial charge in [-0.15, -0.1) is 4.98 Å². The van der Waals surface area contributed by atoms with Crippen LogP contribution in [0.2, 0.25) is 0 Å². The molecule has 0 unspecified atom stereocenters. The molecule has 1 saturated carbocycles. The van der Waals surface area contributed by atoms with E-state index >= 15 is 0 Å². The Kier molecular flexibility index (Phi) is 5.14. The molecule has 1 aliphatic rings. The van der Waals surface area contributed by atoms with Crippen LogP contribution in [-0.4, -0.2) is 27.7 Å². The first-order chi connectivity index (χ1) is 9.31. The van der Waals surface area contributed by atoms with Crippen molar-refractivity contribution < 1.29 is 9.47 Å². The van der Waals surface area contributed by atoms with E-state index in [4.69, 9.17) is 15.3 Å². The maximum Gasteiger partial charge on any atom is 0.324 e. The van der Waals surface area contributed by atoms with Crippen molar-refractivity contribution in [2.75, 3.05) is 12.0 Å². The molecule has 1 aromatic heterocycles. The van der Waals surface area contributed by atoms with E-state index in [1.807, 2.05) is 6.92 Å². The highest BCUT2D eigenvalue weighted by atomic mass is 16.5. The second-order valence-electron chi connectivity index (χ2n) is 4.53. The first kappa shape index (κ1) is 13.8. The van der Waals surface area contributed by atoms with Gasteiger partial charge in [-0.1, -0.05) is 12.8 Å². The Bertz CT molecular complexity index is 394. The van der Waals surface area contributed by atoms with Gasteiger partial charge in [0.2, 0.25) is 5.95 Å². The molecule has 1 aliphatic carbocycles. The number of rotatable bonds is 5. The minimum atomic E-state index is 0.171. The largest absolute Gasteiger partial charge is 0.464 e. The van der Waals surface area contributed by atoms with E-state index in [9.17, 15) is 0 Å². The van der Waals surface area contributed by atoms with Gasteiger partial charge in [-0.3, -0.25) is 5.43 Å². The van der Waals surface area contributed by atoms with Crippen molar-refractivity contribution in [1.82, 2.24) is 15.0 Å². The van der Waals surface area contributed by atoms with Crippen molar-refractivity contribution in [3.8, 4) is 12.0 Å². The second-order valence-corrected chi connectivity index (χ2v) is 4.53. The minimum absolute atomic E-state index is 0.171. The number of anilines is 1. The molecule has 0 aromatic carbocycles. The second kappa shape index (κ2) is 7.08. The maximum absolute atomic E-state index is 5.83. The number of nitrogens with zero attached hydrogens (tertiary/aromatic N) is 3. The Labute approximate surface area is 112 Å². The lowest BCUT2D eigenvalue weighted by atomic mass is 10.2. The summed E-state index contributed by atoms with van der Waals surface area (Å²) < 4.78 is 11.1. The van der Waals surface area contributed by atoms with E-state index in [0.717, 1.165) is 12.8 Å². The Morgan fingerprint density at radius 1 is 1.11 bits per heavy atom. The van der Waals surface area contributed by atoms with E-state index < -0.39 is 0 Å². The molecule has 0 aliphatic heterocycles. The molecule has 106 valence electrons. The molecule has 0 atom stereocenters. The van der Waals surface area contributed by atoms with Crippen LogP contribution in [0.3, 0.4) is 0 Å². The third kappa shape index (κ3) is 4.20. The fourth-order valence-electron chi connectivity index (χ4n) is 2.16. The van der Waals surface area contributed by atoms with Gasteiger partial charge in [0.15, 0.2) is 0 Å². The Balaban J connectivity index is 2.06. The lowest BCUT2D eigenvalue weighted by Crippen LogP contribution is -2.19. The van der Waals surface area contributed by atoms with E-state index in [0.29, 0.717) is 6.61 Å². The number of nitrogen functional groups attached to an aromatic ring is 1. The summed E-state index contributed by atoms with van der Waals surface area (Å²) in [5.41, 5.74) is 2.39. The molecule has 1 fully saturated rings. The van der Waals surface area contributed by atoms with Crippen LogP contribution in [0.4, 0.5) is 5.95 Å². The summed E-state index contributed by atoms with van der Waals surface area (Å²) in [4.78, 5) is 12.2. The maximum atomic E-state index is 5.83. The average molecular weight is 267 g/mol. The van der Waals surface area contributed by atoms with E-state index in [1.165, 1.54) is 25.7 Å². The first-order valence-corrected chi connectivity index (χ1v) is 6.84. The Morgan fingerprint density at radius 2 is 1.79 bits per heavy atom. The number of hydrogen-bond acceptors (Lipinski definition) is 7. The van der Waals surface area contributed by atoms with Gasteiger partial charge in [-0.25, -0.2) is 5.84 Å². The molecule has 0 radical (unpaired) electrons. The van der Waals surface area contributed by atoms with Crippen molar-refractivity contribution in [1.29, 1.82) is 0 Å². The van der Waals surface area contributed by atoms with Gasteiger partial charge in [0.1, 0.15) is 6.10 Å². The number of nitrogens with one attached hydrogen (secondary N) is 1. The molecular weight excluding hydrogens is 246 g/mol. The molecule has 0 amide bonds. The minimum Gasteiger partial charge on any atom is -0.464 e. The summed E-state index contributed by atoms with van der Waals surface area (Å²) in [6, 6.07) is 0.507. The summed E-state index contributed by atoms with van der Waals surface area (Å²) in [5.74, 6) is 5.58. The number of nitrogens with two attached hydrogens (primary N) is 1. The summed E-state index contributed by atoms with van der Waals surface area (Å²) >= 11 is 0. The number of ether oxygens (including phenoxy) is 2. The van der Waals surface area contributed by atoms with Gasteiger partial charge in [-0.05, 0) is 32.6 Å². The smallest absolute Gasteiger partial charge is 0.324 e. The zero-order valence-electron chi connectivity index (χ0n) is 11.3. The predicted molar refractivity (Wildman–Crippen MR) is 70.9 cm³/mol. The quantitative estimate of drug-likeness (QED) is 0.476. The molecule has 0 spiro atoms. The topological polar surface area (TPSA) is 95.2 Å². The van der Waals surface area contributed by atoms with Gasteiger partial charge in [0, 0.05) is 0 Å². The van der Waals surface area contributed by atoms with Crippen molar-refractivity contribution in [2.45, 2.75) is 51.6 Å². The number of aromatic nitrogens is 3. The fraction of sp³-hybridized carbons (Fsp3) is 0.750. The normalized spacial score (nSPS) is 16.7. The van der Waals surface area contributed by atoms with Crippen LogP contribution >= 0.6 is 0 Å². The number of hydrazine groups is 1. The highest BCUT2D eigenvalue weighted by Gasteiger charge is 2.16. The summed E-state index contributed by atoms with van der Waals surface area (Å²) in [7, 11) is 0. The molecule has 2 rings (SSSR count). The molecule has 0 bridgehead atoms. The van der Waals surface area contributed by atoms with E-state index in [2.05, 4.69) is 20.4 Å². The third-order valence-corrected chi connectivity index (χ3v) is 3.07. The van der Waals surface area contributed by atoms with Gasteiger partial charge in [0.05, 0.1) is 6.61 Å². The van der Waals surface area contributed by atoms with Crippen molar-refractivity contribution in [2.24, 2.45) is 5.84 Å². The van der Waals surface area contributed by atoms with Crippen LogP contribution in [0.15, 0.2) is 0 Å². The lowest BCUT2D eigenvalue weighted by Gasteiger charge is -2.15.